The van der Waals surface area contributed by atoms with Gasteiger partial charge in [-0.3, -0.25) is 9.89 Å². The van der Waals surface area contributed by atoms with Crippen molar-refractivity contribution in [1.82, 2.24) is 15.2 Å². The number of thioether (sulfide) groups is 1. The highest BCUT2D eigenvalue weighted by Gasteiger charge is 2.17. The van der Waals surface area contributed by atoms with Crippen molar-refractivity contribution in [3.05, 3.63) is 35.1 Å². The van der Waals surface area contributed by atoms with Gasteiger partial charge in [-0.1, -0.05) is 23.4 Å². The predicted molar refractivity (Wildman–Crippen MR) is 88.7 cm³/mol. The van der Waals surface area contributed by atoms with Crippen LogP contribution in [0.5, 0.6) is 5.75 Å². The molecule has 1 heterocycles. The minimum atomic E-state index is -0.492. The SMILES string of the molecule is CC(C)(C)OC(=O)CSc1n[nH]c(COc2ccc(Cl)cc2)n1. The Morgan fingerprint density at radius 3 is 2.65 bits per heavy atom. The number of carbonyl (C=O) groups excluding carboxylic acids is 1. The van der Waals surface area contributed by atoms with E-state index in [0.717, 1.165) is 0 Å². The average Bonchev–Trinajstić information content (AvgIpc) is 2.91. The van der Waals surface area contributed by atoms with Gasteiger partial charge < -0.3 is 9.47 Å². The second kappa shape index (κ2) is 7.70. The van der Waals surface area contributed by atoms with Crippen LogP contribution in [-0.2, 0) is 16.1 Å². The molecule has 0 radical (unpaired) electrons. The van der Waals surface area contributed by atoms with Crippen molar-refractivity contribution in [1.29, 1.82) is 0 Å². The number of esters is 1. The molecular formula is C15H18ClN3O3S. The smallest absolute Gasteiger partial charge is 0.316 e. The van der Waals surface area contributed by atoms with Gasteiger partial charge in [0, 0.05) is 5.02 Å². The van der Waals surface area contributed by atoms with Crippen molar-refractivity contribution < 1.29 is 14.3 Å². The zero-order chi connectivity index (χ0) is 16.9. The van der Waals surface area contributed by atoms with E-state index in [1.807, 2.05) is 20.8 Å². The summed E-state index contributed by atoms with van der Waals surface area (Å²) < 4.78 is 10.8. The van der Waals surface area contributed by atoms with E-state index in [9.17, 15) is 4.79 Å². The van der Waals surface area contributed by atoms with Crippen LogP contribution in [0.3, 0.4) is 0 Å². The zero-order valence-corrected chi connectivity index (χ0v) is 14.7. The Balaban J connectivity index is 1.79. The molecule has 0 spiro atoms. The number of aromatic nitrogens is 3. The molecule has 2 rings (SSSR count). The molecular weight excluding hydrogens is 338 g/mol. The van der Waals surface area contributed by atoms with Crippen LogP contribution in [0.1, 0.15) is 26.6 Å². The van der Waals surface area contributed by atoms with Gasteiger partial charge in [-0.05, 0) is 45.0 Å². The van der Waals surface area contributed by atoms with E-state index in [0.29, 0.717) is 21.8 Å². The summed E-state index contributed by atoms with van der Waals surface area (Å²) in [4.78, 5) is 15.9. The Morgan fingerprint density at radius 2 is 2.00 bits per heavy atom. The van der Waals surface area contributed by atoms with E-state index in [1.165, 1.54) is 11.8 Å². The first-order valence-corrected chi connectivity index (χ1v) is 8.32. The van der Waals surface area contributed by atoms with Crippen LogP contribution in [0.25, 0.3) is 0 Å². The van der Waals surface area contributed by atoms with E-state index in [4.69, 9.17) is 21.1 Å². The minimum Gasteiger partial charge on any atom is -0.486 e. The van der Waals surface area contributed by atoms with Gasteiger partial charge in [0.1, 0.15) is 18.0 Å². The number of hydrogen-bond donors (Lipinski definition) is 1. The third-order valence-corrected chi connectivity index (χ3v) is 3.51. The van der Waals surface area contributed by atoms with Crippen LogP contribution in [0.4, 0.5) is 0 Å². The summed E-state index contributed by atoms with van der Waals surface area (Å²) in [7, 11) is 0. The molecule has 124 valence electrons. The lowest BCUT2D eigenvalue weighted by atomic mass is 10.2. The van der Waals surface area contributed by atoms with Crippen molar-refractivity contribution in [2.24, 2.45) is 0 Å². The highest BCUT2D eigenvalue weighted by molar-refractivity contribution is 7.99. The fraction of sp³-hybridized carbons (Fsp3) is 0.400. The molecule has 0 aliphatic carbocycles. The maximum absolute atomic E-state index is 11.6. The Morgan fingerprint density at radius 1 is 1.30 bits per heavy atom. The van der Waals surface area contributed by atoms with Crippen LogP contribution in [0, 0.1) is 0 Å². The number of hydrogen-bond acceptors (Lipinski definition) is 6. The number of benzene rings is 1. The summed E-state index contributed by atoms with van der Waals surface area (Å²) in [5.74, 6) is 1.12. The molecule has 0 saturated carbocycles. The number of nitrogens with zero attached hydrogens (tertiary/aromatic N) is 2. The second-order valence-electron chi connectivity index (χ2n) is 5.68. The molecule has 1 aromatic carbocycles. The number of aromatic amines is 1. The van der Waals surface area contributed by atoms with E-state index in [2.05, 4.69) is 15.2 Å². The van der Waals surface area contributed by atoms with Crippen molar-refractivity contribution in [2.45, 2.75) is 38.1 Å². The standard InChI is InChI=1S/C15H18ClN3O3S/c1-15(2,3)22-13(20)9-23-14-17-12(18-19-14)8-21-11-6-4-10(16)5-7-11/h4-7H,8-9H2,1-3H3,(H,17,18,19). The first kappa shape index (κ1) is 17.6. The largest absolute Gasteiger partial charge is 0.486 e. The lowest BCUT2D eigenvalue weighted by Gasteiger charge is -2.18. The number of nitrogens with one attached hydrogen (secondary N) is 1. The van der Waals surface area contributed by atoms with Gasteiger partial charge in [0.15, 0.2) is 5.82 Å². The fourth-order valence-electron chi connectivity index (χ4n) is 1.58. The van der Waals surface area contributed by atoms with E-state index < -0.39 is 5.60 Å². The van der Waals surface area contributed by atoms with Gasteiger partial charge in [-0.15, -0.1) is 5.10 Å². The summed E-state index contributed by atoms with van der Waals surface area (Å²) in [6.45, 7) is 5.74. The van der Waals surface area contributed by atoms with Gasteiger partial charge >= 0.3 is 5.97 Å². The molecule has 0 unspecified atom stereocenters. The number of rotatable bonds is 6. The summed E-state index contributed by atoms with van der Waals surface area (Å²) in [6, 6.07) is 7.05. The molecule has 1 aromatic heterocycles. The zero-order valence-electron chi connectivity index (χ0n) is 13.1. The molecule has 0 fully saturated rings. The number of carbonyl (C=O) groups is 1. The van der Waals surface area contributed by atoms with Gasteiger partial charge in [0.25, 0.3) is 0 Å². The van der Waals surface area contributed by atoms with E-state index >= 15 is 0 Å². The number of ether oxygens (including phenoxy) is 2. The van der Waals surface area contributed by atoms with E-state index in [1.54, 1.807) is 24.3 Å². The maximum Gasteiger partial charge on any atom is 0.316 e. The Hall–Kier alpha value is -1.73. The molecule has 0 aliphatic rings. The van der Waals surface area contributed by atoms with Crippen molar-refractivity contribution in [3.63, 3.8) is 0 Å². The summed E-state index contributed by atoms with van der Waals surface area (Å²) in [5.41, 5.74) is -0.492. The van der Waals surface area contributed by atoms with Crippen molar-refractivity contribution in [3.8, 4) is 5.75 Å². The molecule has 0 bridgehead atoms. The molecule has 0 amide bonds. The molecule has 23 heavy (non-hydrogen) atoms. The first-order chi connectivity index (χ1) is 10.8. The molecule has 1 N–H and O–H groups in total. The number of H-pyrrole nitrogens is 1. The molecule has 0 saturated heterocycles. The van der Waals surface area contributed by atoms with Crippen LogP contribution in [-0.4, -0.2) is 32.5 Å². The Labute approximate surface area is 143 Å². The van der Waals surface area contributed by atoms with Crippen LogP contribution in [0.2, 0.25) is 5.02 Å². The molecule has 8 heteroatoms. The summed E-state index contributed by atoms with van der Waals surface area (Å²) >= 11 is 7.02. The molecule has 6 nitrogen and oxygen atoms in total. The highest BCUT2D eigenvalue weighted by Crippen LogP contribution is 2.18. The number of halogens is 1. The first-order valence-electron chi connectivity index (χ1n) is 6.96. The average molecular weight is 356 g/mol. The normalized spacial score (nSPS) is 11.3. The van der Waals surface area contributed by atoms with Crippen LogP contribution >= 0.6 is 23.4 Å². The predicted octanol–water partition coefficient (Wildman–Crippen LogP) is 3.47. The monoisotopic (exact) mass is 355 g/mol. The summed E-state index contributed by atoms with van der Waals surface area (Å²) in [5, 5.41) is 7.93. The van der Waals surface area contributed by atoms with Gasteiger partial charge in [-0.2, -0.15) is 0 Å². The van der Waals surface area contributed by atoms with Crippen molar-refractivity contribution in [2.75, 3.05) is 5.75 Å². The Bertz CT molecular complexity index is 653. The molecule has 0 aliphatic heterocycles. The quantitative estimate of drug-likeness (QED) is 0.631. The van der Waals surface area contributed by atoms with Crippen LogP contribution < -0.4 is 4.74 Å². The van der Waals surface area contributed by atoms with E-state index in [-0.39, 0.29) is 18.3 Å². The fourth-order valence-corrected chi connectivity index (χ4v) is 2.30. The van der Waals surface area contributed by atoms with Gasteiger partial charge in [0.05, 0.1) is 5.75 Å². The topological polar surface area (TPSA) is 77.1 Å². The Kier molecular flexibility index (Phi) is 5.90. The minimum absolute atomic E-state index is 0.159. The molecule has 2 aromatic rings. The lowest BCUT2D eigenvalue weighted by molar-refractivity contribution is -0.151. The summed E-state index contributed by atoms with van der Waals surface area (Å²) in [6.07, 6.45) is 0. The third kappa shape index (κ3) is 6.50. The maximum atomic E-state index is 11.6. The van der Waals surface area contributed by atoms with Gasteiger partial charge in [0.2, 0.25) is 5.16 Å². The van der Waals surface area contributed by atoms with Gasteiger partial charge in [-0.25, -0.2) is 4.98 Å². The highest BCUT2D eigenvalue weighted by atomic mass is 35.5. The molecule has 0 atom stereocenters. The second-order valence-corrected chi connectivity index (χ2v) is 7.06. The third-order valence-electron chi connectivity index (χ3n) is 2.44. The van der Waals surface area contributed by atoms with Crippen LogP contribution in [0.15, 0.2) is 29.4 Å². The lowest BCUT2D eigenvalue weighted by Crippen LogP contribution is -2.24. The van der Waals surface area contributed by atoms with Crippen molar-refractivity contribution >= 4 is 29.3 Å².